The number of unbranched alkanes of at least 4 members (excludes halogenated alkanes) is 1. The van der Waals surface area contributed by atoms with Crippen molar-refractivity contribution in [3.63, 3.8) is 0 Å². The second-order valence-electron chi connectivity index (χ2n) is 6.70. The lowest BCUT2D eigenvalue weighted by molar-refractivity contribution is -0.385. The molecular weight excluding hydrogens is 406 g/mol. The molecule has 0 saturated carbocycles. The van der Waals surface area contributed by atoms with E-state index in [0.717, 1.165) is 5.39 Å². The number of nitrogens with zero attached hydrogens (tertiary/aromatic N) is 1. The van der Waals surface area contributed by atoms with Gasteiger partial charge in [-0.1, -0.05) is 0 Å². The van der Waals surface area contributed by atoms with Crippen molar-refractivity contribution in [3.8, 4) is 17.2 Å². The van der Waals surface area contributed by atoms with Crippen LogP contribution < -0.4 is 19.8 Å². The number of nitro groups is 1. The first-order chi connectivity index (χ1) is 15.1. The zero-order valence-corrected chi connectivity index (χ0v) is 16.7. The Balaban J connectivity index is 1.35. The summed E-state index contributed by atoms with van der Waals surface area (Å²) in [5.41, 5.74) is 0.428. The van der Waals surface area contributed by atoms with Crippen LogP contribution in [-0.2, 0) is 0 Å². The van der Waals surface area contributed by atoms with Crippen molar-refractivity contribution in [2.24, 2.45) is 0 Å². The standard InChI is InChI=1S/C22H19NO8/c1-27-20-12-14(4-6-17(20)23(25)26)28-9-2-3-10-30-22-15-5-7-21(24)31-19(15)13-18-16(22)8-11-29-18/h4-8,11-13H,2-3,9-10H2,1H3. The number of hydrogen-bond donors (Lipinski definition) is 0. The average molecular weight is 425 g/mol. The van der Waals surface area contributed by atoms with E-state index >= 15 is 0 Å². The van der Waals surface area contributed by atoms with Crippen molar-refractivity contribution in [1.29, 1.82) is 0 Å². The molecule has 2 aromatic heterocycles. The predicted octanol–water partition coefficient (Wildman–Crippen LogP) is 4.69. The van der Waals surface area contributed by atoms with Gasteiger partial charge in [0.2, 0.25) is 5.75 Å². The molecule has 160 valence electrons. The Bertz CT molecular complexity index is 1290. The Labute approximate surface area is 175 Å². The van der Waals surface area contributed by atoms with Crippen molar-refractivity contribution in [2.45, 2.75) is 12.8 Å². The normalized spacial score (nSPS) is 11.0. The monoisotopic (exact) mass is 425 g/mol. The Hall–Kier alpha value is -4.01. The third-order valence-corrected chi connectivity index (χ3v) is 4.71. The van der Waals surface area contributed by atoms with Gasteiger partial charge in [0.15, 0.2) is 0 Å². The van der Waals surface area contributed by atoms with Crippen molar-refractivity contribution in [1.82, 2.24) is 0 Å². The molecule has 9 nitrogen and oxygen atoms in total. The number of nitro benzene ring substituents is 1. The van der Waals surface area contributed by atoms with E-state index in [4.69, 9.17) is 23.0 Å². The Kier molecular flexibility index (Phi) is 5.74. The molecule has 31 heavy (non-hydrogen) atoms. The minimum absolute atomic E-state index is 0.111. The number of ether oxygens (including phenoxy) is 3. The Morgan fingerprint density at radius 3 is 2.52 bits per heavy atom. The summed E-state index contributed by atoms with van der Waals surface area (Å²) < 4.78 is 27.4. The number of furan rings is 1. The maximum atomic E-state index is 11.5. The van der Waals surface area contributed by atoms with E-state index in [1.54, 1.807) is 24.5 Å². The number of hydrogen-bond acceptors (Lipinski definition) is 8. The fourth-order valence-electron chi connectivity index (χ4n) is 3.23. The van der Waals surface area contributed by atoms with E-state index < -0.39 is 10.5 Å². The summed E-state index contributed by atoms with van der Waals surface area (Å²) in [6, 6.07) is 10.9. The highest BCUT2D eigenvalue weighted by atomic mass is 16.6. The topological polar surface area (TPSA) is 114 Å². The van der Waals surface area contributed by atoms with Gasteiger partial charge >= 0.3 is 11.3 Å². The van der Waals surface area contributed by atoms with Crippen LogP contribution >= 0.6 is 0 Å². The lowest BCUT2D eigenvalue weighted by Crippen LogP contribution is -2.04. The first-order valence-corrected chi connectivity index (χ1v) is 9.59. The molecule has 0 fully saturated rings. The SMILES string of the molecule is COc1cc(OCCCCOc2c3ccoc3cc3oc(=O)ccc23)ccc1[N+](=O)[O-]. The van der Waals surface area contributed by atoms with Gasteiger partial charge in [-0.15, -0.1) is 0 Å². The lowest BCUT2D eigenvalue weighted by atomic mass is 10.1. The highest BCUT2D eigenvalue weighted by Gasteiger charge is 2.15. The minimum atomic E-state index is -0.505. The molecule has 0 N–H and O–H groups in total. The minimum Gasteiger partial charge on any atom is -0.493 e. The highest BCUT2D eigenvalue weighted by molar-refractivity contribution is 6.01. The summed E-state index contributed by atoms with van der Waals surface area (Å²) in [7, 11) is 1.37. The molecule has 2 heterocycles. The van der Waals surface area contributed by atoms with Crippen molar-refractivity contribution >= 4 is 27.6 Å². The fourth-order valence-corrected chi connectivity index (χ4v) is 3.23. The van der Waals surface area contributed by atoms with Crippen LogP contribution in [0.4, 0.5) is 5.69 Å². The van der Waals surface area contributed by atoms with Gasteiger partial charge in [0, 0.05) is 24.3 Å². The van der Waals surface area contributed by atoms with E-state index in [0.29, 0.717) is 54.1 Å². The third kappa shape index (κ3) is 4.30. The van der Waals surface area contributed by atoms with E-state index in [1.165, 1.54) is 31.4 Å². The van der Waals surface area contributed by atoms with Gasteiger partial charge in [0.1, 0.15) is 22.7 Å². The number of fused-ring (bicyclic) bond motifs is 2. The second kappa shape index (κ2) is 8.78. The van der Waals surface area contributed by atoms with Gasteiger partial charge in [0.25, 0.3) is 0 Å². The molecule has 0 aliphatic carbocycles. The van der Waals surface area contributed by atoms with Crippen LogP contribution in [0.3, 0.4) is 0 Å². The molecule has 0 bridgehead atoms. The van der Waals surface area contributed by atoms with Crippen LogP contribution in [0, 0.1) is 10.1 Å². The molecule has 0 amide bonds. The maximum Gasteiger partial charge on any atom is 0.336 e. The first kappa shape index (κ1) is 20.3. The van der Waals surface area contributed by atoms with Gasteiger partial charge in [-0.3, -0.25) is 10.1 Å². The summed E-state index contributed by atoms with van der Waals surface area (Å²) in [5.74, 6) is 1.25. The molecule has 0 saturated heterocycles. The molecule has 0 unspecified atom stereocenters. The van der Waals surface area contributed by atoms with Gasteiger partial charge < -0.3 is 23.0 Å². The van der Waals surface area contributed by atoms with Crippen LogP contribution in [0.2, 0.25) is 0 Å². The fraction of sp³-hybridized carbons (Fsp3) is 0.227. The van der Waals surface area contributed by atoms with Crippen LogP contribution in [0.5, 0.6) is 17.2 Å². The second-order valence-corrected chi connectivity index (χ2v) is 6.70. The van der Waals surface area contributed by atoms with Crippen molar-refractivity contribution in [3.05, 3.63) is 69.3 Å². The van der Waals surface area contributed by atoms with Gasteiger partial charge in [0.05, 0.1) is 42.3 Å². The summed E-state index contributed by atoms with van der Waals surface area (Å²) in [6.45, 7) is 0.835. The highest BCUT2D eigenvalue weighted by Crippen LogP contribution is 2.35. The Morgan fingerprint density at radius 2 is 1.74 bits per heavy atom. The first-order valence-electron chi connectivity index (χ1n) is 9.59. The summed E-state index contributed by atoms with van der Waals surface area (Å²) in [6.07, 6.45) is 2.96. The molecule has 2 aromatic carbocycles. The smallest absolute Gasteiger partial charge is 0.336 e. The third-order valence-electron chi connectivity index (χ3n) is 4.71. The largest absolute Gasteiger partial charge is 0.493 e. The molecule has 9 heteroatoms. The van der Waals surface area contributed by atoms with Crippen molar-refractivity contribution < 1.29 is 28.0 Å². The molecule has 4 rings (SSSR count). The molecule has 0 spiro atoms. The van der Waals surface area contributed by atoms with Crippen LogP contribution in [0.1, 0.15) is 12.8 Å². The number of rotatable bonds is 9. The van der Waals surface area contributed by atoms with E-state index in [-0.39, 0.29) is 11.4 Å². The number of methoxy groups -OCH3 is 1. The van der Waals surface area contributed by atoms with Crippen LogP contribution in [-0.4, -0.2) is 25.2 Å². The Morgan fingerprint density at radius 1 is 0.968 bits per heavy atom. The maximum absolute atomic E-state index is 11.5. The number of benzene rings is 2. The van der Waals surface area contributed by atoms with Gasteiger partial charge in [-0.2, -0.15) is 0 Å². The zero-order chi connectivity index (χ0) is 21.8. The zero-order valence-electron chi connectivity index (χ0n) is 16.7. The van der Waals surface area contributed by atoms with Crippen LogP contribution in [0.15, 0.2) is 62.4 Å². The quantitative estimate of drug-likeness (QED) is 0.164. The lowest BCUT2D eigenvalue weighted by Gasteiger charge is -2.11. The van der Waals surface area contributed by atoms with Crippen molar-refractivity contribution in [2.75, 3.05) is 20.3 Å². The molecule has 0 radical (unpaired) electrons. The molecule has 0 atom stereocenters. The van der Waals surface area contributed by atoms with Gasteiger partial charge in [-0.25, -0.2) is 4.79 Å². The van der Waals surface area contributed by atoms with Crippen LogP contribution in [0.25, 0.3) is 21.9 Å². The predicted molar refractivity (Wildman–Crippen MR) is 112 cm³/mol. The van der Waals surface area contributed by atoms with E-state index in [1.807, 2.05) is 0 Å². The van der Waals surface area contributed by atoms with Gasteiger partial charge in [-0.05, 0) is 31.0 Å². The summed E-state index contributed by atoms with van der Waals surface area (Å²) in [4.78, 5) is 22.0. The van der Waals surface area contributed by atoms with E-state index in [9.17, 15) is 14.9 Å². The molecule has 0 aliphatic rings. The van der Waals surface area contributed by atoms with E-state index in [2.05, 4.69) is 0 Å². The summed E-state index contributed by atoms with van der Waals surface area (Å²) in [5, 5.41) is 12.4. The molecule has 0 aliphatic heterocycles. The summed E-state index contributed by atoms with van der Waals surface area (Å²) >= 11 is 0. The molecular formula is C22H19NO8. The average Bonchev–Trinajstić information content (AvgIpc) is 3.23. The molecule has 4 aromatic rings.